The van der Waals surface area contributed by atoms with Gasteiger partial charge in [-0.3, -0.25) is 0 Å². The van der Waals surface area contributed by atoms with E-state index in [4.69, 9.17) is 58.4 Å². The van der Waals surface area contributed by atoms with E-state index >= 15 is 0 Å². The maximum atomic E-state index is 6.50. The second kappa shape index (κ2) is 8.95. The normalized spacial score (nSPS) is 13.4. The predicted octanol–water partition coefficient (Wildman–Crippen LogP) is 8.13. The van der Waals surface area contributed by atoms with Crippen molar-refractivity contribution < 1.29 is 0 Å². The number of aromatic nitrogens is 2. The number of fused-ring (bicyclic) bond motifs is 2. The first-order valence-corrected chi connectivity index (χ1v) is 11.9. The minimum atomic E-state index is -0.376. The van der Waals surface area contributed by atoms with Crippen LogP contribution in [0.4, 0.5) is 0 Å². The van der Waals surface area contributed by atoms with Crippen molar-refractivity contribution in [1.82, 2.24) is 9.97 Å². The van der Waals surface area contributed by atoms with Gasteiger partial charge in [-0.15, -0.1) is 0 Å². The third kappa shape index (κ3) is 3.97. The molecule has 158 valence electrons. The van der Waals surface area contributed by atoms with Crippen LogP contribution in [-0.2, 0) is 0 Å². The second-order valence-electron chi connectivity index (χ2n) is 7.53. The minimum absolute atomic E-state index is 0.376. The van der Waals surface area contributed by atoms with E-state index < -0.39 is 0 Å². The number of hydrogen-bond donors (Lipinski definition) is 2. The molecule has 2 nitrogen and oxygen atoms in total. The molecule has 0 saturated heterocycles. The van der Waals surface area contributed by atoms with E-state index in [0.717, 1.165) is 32.9 Å². The summed E-state index contributed by atoms with van der Waals surface area (Å²) in [6.45, 7) is 0. The summed E-state index contributed by atoms with van der Waals surface area (Å²) in [6.07, 6.45) is 0. The number of hydrogen-bond acceptors (Lipinski definition) is 4. The van der Waals surface area contributed by atoms with Crippen molar-refractivity contribution in [1.29, 1.82) is 0 Å². The quantitative estimate of drug-likeness (QED) is 0.195. The van der Waals surface area contributed by atoms with Crippen LogP contribution in [0.25, 0.3) is 21.8 Å². The van der Waals surface area contributed by atoms with Crippen LogP contribution in [0.2, 0.25) is 10.0 Å². The highest BCUT2D eigenvalue weighted by Gasteiger charge is 2.25. The van der Waals surface area contributed by atoms with Gasteiger partial charge < -0.3 is 0 Å². The number of rotatable bonds is 4. The van der Waals surface area contributed by atoms with Crippen molar-refractivity contribution in [3.8, 4) is 0 Å². The Morgan fingerprint density at radius 3 is 1.34 bits per heavy atom. The SMILES string of the molecule is SC(c1ccccc1Cl)c1nc2cc3ccccc3cc2nc1C(S)c1ccccc1Cl. The van der Waals surface area contributed by atoms with Gasteiger partial charge >= 0.3 is 0 Å². The maximum absolute atomic E-state index is 6.50. The molecule has 0 amide bonds. The summed E-state index contributed by atoms with van der Waals surface area (Å²) in [7, 11) is 0. The van der Waals surface area contributed by atoms with Gasteiger partial charge in [0.1, 0.15) is 0 Å². The maximum Gasteiger partial charge on any atom is 0.0897 e. The van der Waals surface area contributed by atoms with E-state index in [-0.39, 0.29) is 10.5 Å². The fourth-order valence-corrected chi connectivity index (χ4v) is 5.33. The van der Waals surface area contributed by atoms with Crippen LogP contribution >= 0.6 is 48.5 Å². The van der Waals surface area contributed by atoms with E-state index in [1.807, 2.05) is 60.7 Å². The number of halogens is 2. The average Bonchev–Trinajstić information content (AvgIpc) is 2.81. The van der Waals surface area contributed by atoms with Crippen molar-refractivity contribution in [2.75, 3.05) is 0 Å². The van der Waals surface area contributed by atoms with Gasteiger partial charge in [-0.05, 0) is 46.2 Å². The average molecular weight is 493 g/mol. The molecule has 4 aromatic carbocycles. The van der Waals surface area contributed by atoms with Crippen molar-refractivity contribution >= 4 is 70.3 Å². The summed E-state index contributed by atoms with van der Waals surface area (Å²) in [5.41, 5.74) is 4.76. The number of benzene rings is 4. The van der Waals surface area contributed by atoms with E-state index in [9.17, 15) is 0 Å². The van der Waals surface area contributed by atoms with Gasteiger partial charge in [0.25, 0.3) is 0 Å². The van der Waals surface area contributed by atoms with Crippen molar-refractivity contribution in [2.24, 2.45) is 0 Å². The van der Waals surface area contributed by atoms with Crippen LogP contribution in [0.3, 0.4) is 0 Å². The molecule has 6 heteroatoms. The van der Waals surface area contributed by atoms with E-state index in [1.54, 1.807) is 0 Å². The Bertz CT molecular complexity index is 1350. The Hall–Kier alpha value is -2.24. The van der Waals surface area contributed by atoms with Crippen LogP contribution in [0, 0.1) is 0 Å². The Morgan fingerprint density at radius 1 is 0.562 bits per heavy atom. The van der Waals surface area contributed by atoms with E-state index in [2.05, 4.69) is 24.3 Å². The van der Waals surface area contributed by atoms with Gasteiger partial charge in [-0.1, -0.05) is 83.9 Å². The molecule has 1 aromatic heterocycles. The summed E-state index contributed by atoms with van der Waals surface area (Å²) < 4.78 is 0. The molecule has 0 saturated carbocycles. The Balaban J connectivity index is 1.77. The molecule has 0 radical (unpaired) electrons. The first-order valence-electron chi connectivity index (χ1n) is 10.1. The van der Waals surface area contributed by atoms with Gasteiger partial charge in [0.2, 0.25) is 0 Å². The number of nitrogens with zero attached hydrogens (tertiary/aromatic N) is 2. The molecule has 0 spiro atoms. The molecular weight excluding hydrogens is 475 g/mol. The van der Waals surface area contributed by atoms with Crippen molar-refractivity contribution in [2.45, 2.75) is 10.5 Å². The summed E-state index contributed by atoms with van der Waals surface area (Å²) in [5.74, 6) is 0. The van der Waals surface area contributed by atoms with Crippen LogP contribution in [0.15, 0.2) is 84.9 Å². The van der Waals surface area contributed by atoms with Crippen molar-refractivity contribution in [3.05, 3.63) is 117 Å². The smallest absolute Gasteiger partial charge is 0.0897 e. The standard InChI is InChI=1S/C26H18Cl2N2S2/c27-19-11-5-3-9-17(19)25(31)23-24(26(32)18-10-4-6-12-20(18)28)30-22-14-16-8-2-1-7-15(16)13-21(22)29-23/h1-14,25-26,31-32H. The molecule has 2 unspecified atom stereocenters. The van der Waals surface area contributed by atoms with E-state index in [0.29, 0.717) is 21.4 Å². The van der Waals surface area contributed by atoms with Crippen LogP contribution in [0.1, 0.15) is 33.0 Å². The fraction of sp³-hybridized carbons (Fsp3) is 0.0769. The largest absolute Gasteiger partial charge is 0.248 e. The Kier molecular flexibility index (Phi) is 6.04. The van der Waals surface area contributed by atoms with Crippen LogP contribution in [0.5, 0.6) is 0 Å². The third-order valence-electron chi connectivity index (χ3n) is 5.50. The molecule has 0 bridgehead atoms. The molecule has 2 atom stereocenters. The highest BCUT2D eigenvalue weighted by molar-refractivity contribution is 7.81. The topological polar surface area (TPSA) is 25.8 Å². The monoisotopic (exact) mass is 492 g/mol. The minimum Gasteiger partial charge on any atom is -0.248 e. The molecule has 32 heavy (non-hydrogen) atoms. The first kappa shape index (κ1) is 21.6. The zero-order valence-corrected chi connectivity index (χ0v) is 20.1. The molecule has 0 fully saturated rings. The lowest BCUT2D eigenvalue weighted by Gasteiger charge is -2.21. The zero-order valence-electron chi connectivity index (χ0n) is 16.8. The zero-order chi connectivity index (χ0) is 22.2. The lowest BCUT2D eigenvalue weighted by atomic mass is 10.0. The van der Waals surface area contributed by atoms with Gasteiger partial charge in [0, 0.05) is 10.0 Å². The molecule has 0 aliphatic heterocycles. The van der Waals surface area contributed by atoms with E-state index in [1.165, 1.54) is 0 Å². The molecule has 5 rings (SSSR count). The summed E-state index contributed by atoms with van der Waals surface area (Å²) in [5, 5.41) is 2.73. The second-order valence-corrected chi connectivity index (χ2v) is 9.38. The molecular formula is C26H18Cl2N2S2. The Labute approximate surface area is 207 Å². The summed E-state index contributed by atoms with van der Waals surface area (Å²) in [6, 6.07) is 27.6. The summed E-state index contributed by atoms with van der Waals surface area (Å²) in [4.78, 5) is 10.1. The summed E-state index contributed by atoms with van der Waals surface area (Å²) >= 11 is 22.9. The van der Waals surface area contributed by atoms with Gasteiger partial charge in [-0.2, -0.15) is 25.3 Å². The highest BCUT2D eigenvalue weighted by Crippen LogP contribution is 2.40. The molecule has 0 aliphatic rings. The van der Waals surface area contributed by atoms with Gasteiger partial charge in [0.15, 0.2) is 0 Å². The first-order chi connectivity index (χ1) is 15.5. The third-order valence-corrected chi connectivity index (χ3v) is 7.24. The number of thiol groups is 2. The van der Waals surface area contributed by atoms with Crippen molar-refractivity contribution in [3.63, 3.8) is 0 Å². The highest BCUT2D eigenvalue weighted by atomic mass is 35.5. The molecule has 0 N–H and O–H groups in total. The lowest BCUT2D eigenvalue weighted by Crippen LogP contribution is -2.09. The van der Waals surface area contributed by atoms with Crippen LogP contribution in [-0.4, -0.2) is 9.97 Å². The van der Waals surface area contributed by atoms with Gasteiger partial charge in [0.05, 0.1) is 32.9 Å². The van der Waals surface area contributed by atoms with Gasteiger partial charge in [-0.25, -0.2) is 9.97 Å². The molecule has 1 heterocycles. The lowest BCUT2D eigenvalue weighted by molar-refractivity contribution is 0.952. The molecule has 5 aromatic rings. The molecule has 0 aliphatic carbocycles. The predicted molar refractivity (Wildman–Crippen MR) is 142 cm³/mol. The Morgan fingerprint density at radius 2 is 0.938 bits per heavy atom. The van der Waals surface area contributed by atoms with Crippen LogP contribution < -0.4 is 0 Å². The fourth-order valence-electron chi connectivity index (χ4n) is 3.86.